The van der Waals surface area contributed by atoms with Crippen molar-refractivity contribution in [3.8, 4) is 0 Å². The monoisotopic (exact) mass is 535 g/mol. The van der Waals surface area contributed by atoms with Crippen molar-refractivity contribution in [1.82, 2.24) is 15.5 Å². The molecule has 2 aromatic carbocycles. The standard InChI is InChI=1S/C32H45N3O4/c1-9-21(3)27(34-31(38)39-32(6,7)8)30(37)35(26-18-23(26)5)28(25-17-20(2)15-16-22(25)4)29(36)33-19-24-13-11-10-12-14-24/h10-17,21,23,26-28H,9,18-19H2,1-8H3,(H,33,36)(H,34,38). The second-order valence-electron chi connectivity index (χ2n) is 12.0. The fourth-order valence-electron chi connectivity index (χ4n) is 4.80. The lowest BCUT2D eigenvalue weighted by Crippen LogP contribution is -2.56. The highest BCUT2D eigenvalue weighted by atomic mass is 16.6. The third-order valence-corrected chi connectivity index (χ3v) is 7.40. The minimum Gasteiger partial charge on any atom is -0.444 e. The van der Waals surface area contributed by atoms with Crippen LogP contribution >= 0.6 is 0 Å². The van der Waals surface area contributed by atoms with Crippen LogP contribution in [0.15, 0.2) is 48.5 Å². The van der Waals surface area contributed by atoms with Crippen molar-refractivity contribution in [3.63, 3.8) is 0 Å². The summed E-state index contributed by atoms with van der Waals surface area (Å²) in [5, 5.41) is 5.93. The molecule has 0 heterocycles. The fraction of sp³-hybridized carbons (Fsp3) is 0.531. The number of alkyl carbamates (subject to hydrolysis) is 1. The normalized spacial score (nSPS) is 18.9. The van der Waals surface area contributed by atoms with Crippen LogP contribution in [0.3, 0.4) is 0 Å². The molecule has 1 aliphatic carbocycles. The van der Waals surface area contributed by atoms with Crippen molar-refractivity contribution in [2.45, 2.75) is 98.5 Å². The number of aryl methyl sites for hydroxylation is 2. The lowest BCUT2D eigenvalue weighted by molar-refractivity contribution is -0.144. The van der Waals surface area contributed by atoms with Gasteiger partial charge in [-0.1, -0.05) is 81.3 Å². The molecule has 0 aromatic heterocycles. The predicted molar refractivity (Wildman–Crippen MR) is 154 cm³/mol. The number of hydrogen-bond acceptors (Lipinski definition) is 4. The van der Waals surface area contributed by atoms with E-state index in [4.69, 9.17) is 4.74 Å². The molecule has 1 saturated carbocycles. The molecule has 5 atom stereocenters. The average Bonchev–Trinajstić information content (AvgIpc) is 3.60. The lowest BCUT2D eigenvalue weighted by atomic mass is 9.93. The smallest absolute Gasteiger partial charge is 0.408 e. The largest absolute Gasteiger partial charge is 0.444 e. The first-order valence-corrected chi connectivity index (χ1v) is 14.0. The van der Waals surface area contributed by atoms with E-state index in [9.17, 15) is 14.4 Å². The zero-order chi connectivity index (χ0) is 28.9. The van der Waals surface area contributed by atoms with E-state index in [0.717, 1.165) is 28.7 Å². The van der Waals surface area contributed by atoms with Gasteiger partial charge in [-0.2, -0.15) is 0 Å². The Hall–Kier alpha value is -3.35. The van der Waals surface area contributed by atoms with E-state index in [1.807, 2.05) is 76.2 Å². The maximum atomic E-state index is 14.4. The number of nitrogens with one attached hydrogen (secondary N) is 2. The highest BCUT2D eigenvalue weighted by molar-refractivity contribution is 5.93. The molecular formula is C32H45N3O4. The summed E-state index contributed by atoms with van der Waals surface area (Å²) in [6.45, 7) is 15.7. The van der Waals surface area contributed by atoms with Crippen LogP contribution in [0.5, 0.6) is 0 Å². The maximum Gasteiger partial charge on any atom is 0.408 e. The van der Waals surface area contributed by atoms with Crippen molar-refractivity contribution < 1.29 is 19.1 Å². The van der Waals surface area contributed by atoms with Gasteiger partial charge < -0.3 is 20.3 Å². The summed E-state index contributed by atoms with van der Waals surface area (Å²) >= 11 is 0. The minimum absolute atomic E-state index is 0.100. The van der Waals surface area contributed by atoms with Gasteiger partial charge in [0.25, 0.3) is 0 Å². The van der Waals surface area contributed by atoms with E-state index in [1.54, 1.807) is 25.7 Å². The van der Waals surface area contributed by atoms with Crippen molar-refractivity contribution in [3.05, 3.63) is 70.8 Å². The second-order valence-corrected chi connectivity index (χ2v) is 12.0. The van der Waals surface area contributed by atoms with Crippen LogP contribution in [0.1, 0.15) is 82.7 Å². The van der Waals surface area contributed by atoms with Gasteiger partial charge in [-0.15, -0.1) is 0 Å². The summed E-state index contributed by atoms with van der Waals surface area (Å²) in [5.74, 6) is -0.402. The Labute approximate surface area is 233 Å². The third-order valence-electron chi connectivity index (χ3n) is 7.40. The number of carbonyl (C=O) groups excluding carboxylic acids is 3. The van der Waals surface area contributed by atoms with E-state index in [2.05, 4.69) is 17.6 Å². The topological polar surface area (TPSA) is 87.7 Å². The molecule has 0 aliphatic heterocycles. The zero-order valence-electron chi connectivity index (χ0n) is 24.7. The van der Waals surface area contributed by atoms with E-state index in [-0.39, 0.29) is 29.7 Å². The summed E-state index contributed by atoms with van der Waals surface area (Å²) in [4.78, 5) is 43.0. The molecule has 7 heteroatoms. The number of benzene rings is 2. The second kappa shape index (κ2) is 12.7. The lowest BCUT2D eigenvalue weighted by Gasteiger charge is -2.37. The van der Waals surface area contributed by atoms with Crippen LogP contribution in [0.25, 0.3) is 0 Å². The van der Waals surface area contributed by atoms with Gasteiger partial charge >= 0.3 is 6.09 Å². The SMILES string of the molecule is CCC(C)C(NC(=O)OC(C)(C)C)C(=O)N(C(C(=O)NCc1ccccc1)c1cc(C)ccc1C)C1CC1C. The van der Waals surface area contributed by atoms with E-state index < -0.39 is 23.8 Å². The number of hydrogen-bond donors (Lipinski definition) is 2. The highest BCUT2D eigenvalue weighted by Gasteiger charge is 2.49. The number of nitrogens with zero attached hydrogens (tertiary/aromatic N) is 1. The van der Waals surface area contributed by atoms with Gasteiger partial charge in [0, 0.05) is 12.6 Å². The Morgan fingerprint density at radius 1 is 1.08 bits per heavy atom. The van der Waals surface area contributed by atoms with Gasteiger partial charge in [-0.3, -0.25) is 9.59 Å². The molecule has 3 amide bonds. The van der Waals surface area contributed by atoms with Gasteiger partial charge in [0.2, 0.25) is 11.8 Å². The summed E-state index contributed by atoms with van der Waals surface area (Å²) < 4.78 is 5.50. The Morgan fingerprint density at radius 2 is 1.72 bits per heavy atom. The molecule has 0 saturated heterocycles. The zero-order valence-corrected chi connectivity index (χ0v) is 24.7. The van der Waals surface area contributed by atoms with Crippen LogP contribution in [0, 0.1) is 25.7 Å². The number of ether oxygens (including phenoxy) is 1. The van der Waals surface area contributed by atoms with E-state index in [1.165, 1.54) is 0 Å². The Kier molecular flexibility index (Phi) is 9.81. The minimum atomic E-state index is -0.831. The predicted octanol–water partition coefficient (Wildman–Crippen LogP) is 5.84. The first-order chi connectivity index (χ1) is 18.3. The van der Waals surface area contributed by atoms with Crippen LogP contribution in [-0.4, -0.2) is 40.5 Å². The quantitative estimate of drug-likeness (QED) is 0.400. The molecule has 7 nitrogen and oxygen atoms in total. The van der Waals surface area contributed by atoms with E-state index >= 15 is 0 Å². The summed E-state index contributed by atoms with van der Waals surface area (Å²) in [6.07, 6.45) is 0.842. The molecule has 0 bridgehead atoms. The molecule has 212 valence electrons. The Morgan fingerprint density at radius 3 is 2.28 bits per heavy atom. The molecule has 3 rings (SSSR count). The molecule has 1 aliphatic rings. The van der Waals surface area contributed by atoms with Gasteiger partial charge in [-0.25, -0.2) is 4.79 Å². The van der Waals surface area contributed by atoms with Crippen LogP contribution < -0.4 is 10.6 Å². The van der Waals surface area contributed by atoms with Gasteiger partial charge in [-0.05, 0) is 69.6 Å². The van der Waals surface area contributed by atoms with Crippen LogP contribution in [0.4, 0.5) is 4.79 Å². The summed E-state index contributed by atoms with van der Waals surface area (Å²) in [6, 6.07) is 14.0. The van der Waals surface area contributed by atoms with Crippen molar-refractivity contribution in [2.75, 3.05) is 0 Å². The van der Waals surface area contributed by atoms with Crippen LogP contribution in [-0.2, 0) is 20.9 Å². The molecule has 39 heavy (non-hydrogen) atoms. The molecule has 2 N–H and O–H groups in total. The molecule has 0 radical (unpaired) electrons. The average molecular weight is 536 g/mol. The first-order valence-electron chi connectivity index (χ1n) is 14.0. The van der Waals surface area contributed by atoms with E-state index in [0.29, 0.717) is 13.0 Å². The Bertz CT molecular complexity index is 1160. The van der Waals surface area contributed by atoms with Crippen molar-refractivity contribution in [1.29, 1.82) is 0 Å². The number of amides is 3. The van der Waals surface area contributed by atoms with Gasteiger partial charge in [0.15, 0.2) is 0 Å². The summed E-state index contributed by atoms with van der Waals surface area (Å²) in [7, 11) is 0. The number of rotatable bonds is 10. The molecular weight excluding hydrogens is 490 g/mol. The highest BCUT2D eigenvalue weighted by Crippen LogP contribution is 2.42. The molecule has 2 aromatic rings. The van der Waals surface area contributed by atoms with Crippen LogP contribution in [0.2, 0.25) is 0 Å². The third kappa shape index (κ3) is 8.07. The fourth-order valence-corrected chi connectivity index (χ4v) is 4.80. The molecule has 5 unspecified atom stereocenters. The van der Waals surface area contributed by atoms with Crippen molar-refractivity contribution in [2.24, 2.45) is 11.8 Å². The van der Waals surface area contributed by atoms with Gasteiger partial charge in [0.1, 0.15) is 17.7 Å². The number of carbonyl (C=O) groups is 3. The maximum absolute atomic E-state index is 14.4. The first kappa shape index (κ1) is 30.2. The summed E-state index contributed by atoms with van der Waals surface area (Å²) in [5.41, 5.74) is 3.03. The van der Waals surface area contributed by atoms with Crippen molar-refractivity contribution >= 4 is 17.9 Å². The van der Waals surface area contributed by atoms with Gasteiger partial charge in [0.05, 0.1) is 0 Å². The molecule has 1 fully saturated rings. The Balaban J connectivity index is 2.03. The molecule has 0 spiro atoms.